The number of carbonyl (C=O) groups is 1. The van der Waals surface area contributed by atoms with Gasteiger partial charge in [-0.05, 0) is 19.3 Å². The number of hydrogen-bond donors (Lipinski definition) is 1. The fraction of sp³-hybridized carbons (Fsp3) is 0.900. The molecule has 0 radical (unpaired) electrons. The van der Waals surface area contributed by atoms with Crippen molar-refractivity contribution in [3.63, 3.8) is 0 Å². The third-order valence-corrected chi connectivity index (χ3v) is 9.96. The summed E-state index contributed by atoms with van der Waals surface area (Å²) in [7, 11) is 0. The fourth-order valence-corrected chi connectivity index (χ4v) is 6.72. The Morgan fingerprint density at radius 1 is 0.578 bits per heavy atom. The van der Waals surface area contributed by atoms with Gasteiger partial charge in [0.15, 0.2) is 0 Å². The molecule has 4 nitrogen and oxygen atoms in total. The Morgan fingerprint density at radius 3 is 1.27 bits per heavy atom. The van der Waals surface area contributed by atoms with Crippen LogP contribution in [0, 0.1) is 0 Å². The van der Waals surface area contributed by atoms with Crippen LogP contribution in [0.15, 0.2) is 12.4 Å². The highest BCUT2D eigenvalue weighted by molar-refractivity contribution is 5.85. The minimum Gasteiger partial charge on any atom is -0.319 e. The van der Waals surface area contributed by atoms with Crippen LogP contribution in [-0.4, -0.2) is 15.5 Å². The van der Waals surface area contributed by atoms with E-state index in [1.807, 2.05) is 6.20 Å². The summed E-state index contributed by atoms with van der Waals surface area (Å²) in [4.78, 5) is 17.7. The summed E-state index contributed by atoms with van der Waals surface area (Å²) < 4.78 is 1.77. The predicted molar refractivity (Wildman–Crippen MR) is 201 cm³/mol. The number of imidazole rings is 1. The Balaban J connectivity index is 0.0000194. The monoisotopic (exact) mass is 652 g/mol. The van der Waals surface area contributed by atoms with E-state index in [1.54, 1.807) is 10.8 Å². The molecule has 0 spiro atoms. The topological polar surface area (TPSA) is 60.9 Å². The zero-order valence-corrected chi connectivity index (χ0v) is 31.4. The summed E-state index contributed by atoms with van der Waals surface area (Å²) in [5.41, 5.74) is 6.39. The van der Waals surface area contributed by atoms with Crippen LogP contribution in [0.4, 0.5) is 0 Å². The van der Waals surface area contributed by atoms with Gasteiger partial charge in [-0.1, -0.05) is 201 Å². The number of halogens is 1. The van der Waals surface area contributed by atoms with Crippen molar-refractivity contribution < 1.29 is 4.79 Å². The van der Waals surface area contributed by atoms with E-state index in [2.05, 4.69) is 25.8 Å². The molecule has 1 unspecified atom stereocenters. The molecule has 1 heterocycles. The van der Waals surface area contributed by atoms with Crippen LogP contribution in [0.3, 0.4) is 0 Å². The lowest BCUT2D eigenvalue weighted by molar-refractivity contribution is 0.0887. The van der Waals surface area contributed by atoms with E-state index in [0.29, 0.717) is 6.42 Å². The van der Waals surface area contributed by atoms with E-state index in [0.717, 1.165) is 37.9 Å². The van der Waals surface area contributed by atoms with Gasteiger partial charge in [0.1, 0.15) is 5.82 Å². The molecule has 0 saturated carbocycles. The maximum absolute atomic E-state index is 13.1. The first-order valence-electron chi connectivity index (χ1n) is 19.9. The predicted octanol–water partition coefficient (Wildman–Crippen LogP) is 13.6. The first-order chi connectivity index (χ1) is 21.6. The van der Waals surface area contributed by atoms with Gasteiger partial charge in [0.2, 0.25) is 5.91 Å². The molecule has 0 saturated heterocycles. The molecule has 45 heavy (non-hydrogen) atoms. The summed E-state index contributed by atoms with van der Waals surface area (Å²) in [5.74, 6) is 0.942. The summed E-state index contributed by atoms with van der Waals surface area (Å²) in [6.45, 7) is 6.72. The molecule has 0 aliphatic heterocycles. The van der Waals surface area contributed by atoms with Crippen molar-refractivity contribution in [1.82, 2.24) is 9.55 Å². The number of aromatic nitrogens is 2. The average Bonchev–Trinajstić information content (AvgIpc) is 3.54. The second-order valence-electron chi connectivity index (χ2n) is 14.1. The van der Waals surface area contributed by atoms with E-state index in [-0.39, 0.29) is 18.3 Å². The van der Waals surface area contributed by atoms with Crippen LogP contribution in [-0.2, 0) is 5.54 Å². The van der Waals surface area contributed by atoms with Gasteiger partial charge in [0, 0.05) is 18.8 Å². The number of hydrogen-bond acceptors (Lipinski definition) is 3. The van der Waals surface area contributed by atoms with Crippen LogP contribution in [0.5, 0.6) is 0 Å². The number of carbonyl (C=O) groups excluding carboxylic acids is 1. The number of unbranched alkanes of at least 4 members (excludes halogenated alkanes) is 27. The molecule has 0 aromatic carbocycles. The van der Waals surface area contributed by atoms with Gasteiger partial charge < -0.3 is 5.73 Å². The van der Waals surface area contributed by atoms with Crippen molar-refractivity contribution in [2.24, 2.45) is 5.73 Å². The van der Waals surface area contributed by atoms with E-state index in [1.165, 1.54) is 167 Å². The van der Waals surface area contributed by atoms with Crippen LogP contribution >= 0.6 is 12.4 Å². The van der Waals surface area contributed by atoms with Crippen molar-refractivity contribution in [3.8, 4) is 0 Å². The van der Waals surface area contributed by atoms with Gasteiger partial charge in [0.05, 0.1) is 5.54 Å². The highest BCUT2D eigenvalue weighted by Gasteiger charge is 2.31. The summed E-state index contributed by atoms with van der Waals surface area (Å²) in [6.07, 6.45) is 45.1. The molecule has 0 amide bonds. The van der Waals surface area contributed by atoms with Gasteiger partial charge in [-0.3, -0.25) is 9.36 Å². The maximum atomic E-state index is 13.1. The van der Waals surface area contributed by atoms with E-state index in [4.69, 9.17) is 5.73 Å². The second kappa shape index (κ2) is 31.7. The number of rotatable bonds is 33. The van der Waals surface area contributed by atoms with Gasteiger partial charge in [-0.25, -0.2) is 4.98 Å². The van der Waals surface area contributed by atoms with Crippen LogP contribution in [0.1, 0.15) is 237 Å². The summed E-state index contributed by atoms with van der Waals surface area (Å²) in [6, 6.07) is 0. The van der Waals surface area contributed by atoms with Gasteiger partial charge in [0.25, 0.3) is 0 Å². The first-order valence-corrected chi connectivity index (χ1v) is 19.9. The minimum atomic E-state index is -0.509. The lowest BCUT2D eigenvalue weighted by atomic mass is 9.89. The molecule has 1 rings (SSSR count). The maximum Gasteiger partial charge on any atom is 0.232 e. The van der Waals surface area contributed by atoms with E-state index < -0.39 is 5.54 Å². The molecule has 5 heteroatoms. The lowest BCUT2D eigenvalue weighted by Gasteiger charge is -2.28. The zero-order chi connectivity index (χ0) is 32.0. The molecular weight excluding hydrogens is 574 g/mol. The fourth-order valence-electron chi connectivity index (χ4n) is 6.72. The smallest absolute Gasteiger partial charge is 0.232 e. The Kier molecular flexibility index (Phi) is 31.1. The third kappa shape index (κ3) is 23.2. The van der Waals surface area contributed by atoms with Crippen molar-refractivity contribution in [3.05, 3.63) is 18.2 Å². The summed E-state index contributed by atoms with van der Waals surface area (Å²) in [5, 5.41) is 0. The zero-order valence-electron chi connectivity index (χ0n) is 30.6. The number of nitrogens with zero attached hydrogens (tertiary/aromatic N) is 2. The molecule has 0 aliphatic carbocycles. The highest BCUT2D eigenvalue weighted by Crippen LogP contribution is 2.28. The summed E-state index contributed by atoms with van der Waals surface area (Å²) >= 11 is 0. The van der Waals surface area contributed by atoms with Gasteiger partial charge in [-0.15, -0.1) is 12.4 Å². The molecule has 0 aliphatic rings. The molecular formula is C40H78ClN3O. The van der Waals surface area contributed by atoms with Crippen LogP contribution in [0.2, 0.25) is 0 Å². The molecule has 1 atom stereocenters. The van der Waals surface area contributed by atoms with Crippen LogP contribution in [0.25, 0.3) is 0 Å². The Morgan fingerprint density at radius 2 is 0.911 bits per heavy atom. The van der Waals surface area contributed by atoms with Gasteiger partial charge in [-0.2, -0.15) is 0 Å². The van der Waals surface area contributed by atoms with Gasteiger partial charge >= 0.3 is 0 Å². The highest BCUT2D eigenvalue weighted by atomic mass is 35.5. The average molecular weight is 653 g/mol. The Hall–Kier alpha value is -0.870. The van der Waals surface area contributed by atoms with Crippen molar-refractivity contribution >= 4 is 18.3 Å². The normalized spacial score (nSPS) is 12.7. The minimum absolute atomic E-state index is 0. The van der Waals surface area contributed by atoms with Crippen molar-refractivity contribution in [1.29, 1.82) is 0 Å². The van der Waals surface area contributed by atoms with Crippen molar-refractivity contribution in [2.45, 2.75) is 232 Å². The lowest BCUT2D eigenvalue weighted by Crippen LogP contribution is -2.40. The van der Waals surface area contributed by atoms with Crippen LogP contribution < -0.4 is 5.73 Å². The molecule has 0 bridgehead atoms. The number of nitrogens with two attached hydrogens (primary N) is 1. The molecule has 0 fully saturated rings. The largest absolute Gasteiger partial charge is 0.319 e. The standard InChI is InChI=1S/C40H77N3O.ClH/c1-4-7-9-11-13-15-17-19-21-22-24-26-28-30-32-34-38(44)43-37-36-42-39(43)40(41,6-3)35-33-31-29-27-25-23-20-18-16-14-12-10-8-5-2;/h36-37H,4-35,41H2,1-3H3;1H. The Labute approximate surface area is 287 Å². The Bertz CT molecular complexity index is 766. The quantitative estimate of drug-likeness (QED) is 0.0769. The molecule has 266 valence electrons. The SMILES string of the molecule is CCCCCCCCCCCCCCCCCC(=O)n1ccnc1C(N)(CC)CCCCCCCCCCCCCCCC.Cl. The molecule has 1 aromatic rings. The van der Waals surface area contributed by atoms with Crippen molar-refractivity contribution in [2.75, 3.05) is 0 Å². The third-order valence-electron chi connectivity index (χ3n) is 9.96. The van der Waals surface area contributed by atoms with E-state index >= 15 is 0 Å². The molecule has 1 aromatic heterocycles. The second-order valence-corrected chi connectivity index (χ2v) is 14.1. The first kappa shape index (κ1) is 44.1. The van der Waals surface area contributed by atoms with E-state index in [9.17, 15) is 4.79 Å². The molecule has 2 N–H and O–H groups in total.